The van der Waals surface area contributed by atoms with Gasteiger partial charge < -0.3 is 10.6 Å². The highest BCUT2D eigenvalue weighted by molar-refractivity contribution is 5.94. The minimum Gasteiger partial charge on any atom is -0.352 e. The van der Waals surface area contributed by atoms with E-state index < -0.39 is 17.5 Å². The molecule has 3 nitrogen and oxygen atoms in total. The van der Waals surface area contributed by atoms with E-state index in [2.05, 4.69) is 17.6 Å². The number of amides is 1. The molecule has 1 heterocycles. The minimum absolute atomic E-state index is 0.235. The Morgan fingerprint density at radius 3 is 3.00 bits per heavy atom. The standard InChI is InChI=1S/C14H18F2N2O/c1-9-7-17-6-5-10(9)8-18-14(19)11-3-2-4-12(15)13(11)16/h2-4,9-10,17H,5-8H2,1H3,(H,18,19). The van der Waals surface area contributed by atoms with Gasteiger partial charge in [0.25, 0.3) is 5.91 Å². The summed E-state index contributed by atoms with van der Waals surface area (Å²) < 4.78 is 26.5. The van der Waals surface area contributed by atoms with Crippen molar-refractivity contribution in [2.24, 2.45) is 11.8 Å². The zero-order chi connectivity index (χ0) is 13.8. The lowest BCUT2D eigenvalue weighted by molar-refractivity contribution is 0.0933. The van der Waals surface area contributed by atoms with Gasteiger partial charge in [-0.25, -0.2) is 8.78 Å². The number of nitrogens with one attached hydrogen (secondary N) is 2. The van der Waals surface area contributed by atoms with Gasteiger partial charge in [0.05, 0.1) is 5.56 Å². The van der Waals surface area contributed by atoms with Crippen molar-refractivity contribution in [1.82, 2.24) is 10.6 Å². The lowest BCUT2D eigenvalue weighted by Gasteiger charge is -2.29. The number of benzene rings is 1. The molecule has 104 valence electrons. The van der Waals surface area contributed by atoms with E-state index in [1.807, 2.05) is 0 Å². The highest BCUT2D eigenvalue weighted by atomic mass is 19.2. The van der Waals surface area contributed by atoms with E-state index in [0.29, 0.717) is 18.4 Å². The van der Waals surface area contributed by atoms with E-state index >= 15 is 0 Å². The van der Waals surface area contributed by atoms with Crippen LogP contribution in [0.15, 0.2) is 18.2 Å². The molecule has 19 heavy (non-hydrogen) atoms. The topological polar surface area (TPSA) is 41.1 Å². The largest absolute Gasteiger partial charge is 0.352 e. The maximum absolute atomic E-state index is 13.4. The highest BCUT2D eigenvalue weighted by Crippen LogP contribution is 2.18. The Hall–Kier alpha value is -1.49. The van der Waals surface area contributed by atoms with Crippen molar-refractivity contribution in [3.05, 3.63) is 35.4 Å². The van der Waals surface area contributed by atoms with Crippen LogP contribution in [0.1, 0.15) is 23.7 Å². The van der Waals surface area contributed by atoms with Gasteiger partial charge in [-0.1, -0.05) is 13.0 Å². The first-order valence-corrected chi connectivity index (χ1v) is 6.52. The summed E-state index contributed by atoms with van der Waals surface area (Å²) >= 11 is 0. The number of hydrogen-bond donors (Lipinski definition) is 2. The first kappa shape index (κ1) is 13.9. The first-order valence-electron chi connectivity index (χ1n) is 6.52. The van der Waals surface area contributed by atoms with Crippen LogP contribution in [0.2, 0.25) is 0 Å². The maximum atomic E-state index is 13.4. The molecule has 0 aromatic heterocycles. The monoisotopic (exact) mass is 268 g/mol. The zero-order valence-electron chi connectivity index (χ0n) is 10.9. The Labute approximate surface area is 111 Å². The Morgan fingerprint density at radius 2 is 2.26 bits per heavy atom. The van der Waals surface area contributed by atoms with Gasteiger partial charge in [0.2, 0.25) is 0 Å². The molecule has 1 fully saturated rings. The van der Waals surface area contributed by atoms with Crippen molar-refractivity contribution in [1.29, 1.82) is 0 Å². The molecule has 0 aliphatic carbocycles. The van der Waals surface area contributed by atoms with Gasteiger partial charge in [0.15, 0.2) is 11.6 Å². The van der Waals surface area contributed by atoms with Gasteiger partial charge >= 0.3 is 0 Å². The molecule has 2 unspecified atom stereocenters. The van der Waals surface area contributed by atoms with Gasteiger partial charge in [0, 0.05) is 6.54 Å². The lowest BCUT2D eigenvalue weighted by Crippen LogP contribution is -2.41. The van der Waals surface area contributed by atoms with Gasteiger partial charge in [-0.15, -0.1) is 0 Å². The number of carbonyl (C=O) groups is 1. The number of piperidine rings is 1. The lowest BCUT2D eigenvalue weighted by atomic mass is 9.88. The second-order valence-electron chi connectivity index (χ2n) is 5.04. The number of carbonyl (C=O) groups excluding carboxylic acids is 1. The predicted octanol–water partition coefficient (Wildman–Crippen LogP) is 1.94. The summed E-state index contributed by atoms with van der Waals surface area (Å²) in [5, 5.41) is 5.97. The quantitative estimate of drug-likeness (QED) is 0.879. The number of rotatable bonds is 3. The SMILES string of the molecule is CC1CNCCC1CNC(=O)c1cccc(F)c1F. The van der Waals surface area contributed by atoms with Gasteiger partial charge in [0.1, 0.15) is 0 Å². The third kappa shape index (κ3) is 3.29. The molecule has 2 rings (SSSR count). The molecule has 1 aromatic rings. The van der Waals surface area contributed by atoms with Crippen LogP contribution in [-0.2, 0) is 0 Å². The van der Waals surface area contributed by atoms with Crippen LogP contribution in [0.25, 0.3) is 0 Å². The maximum Gasteiger partial charge on any atom is 0.254 e. The molecule has 1 saturated heterocycles. The molecule has 0 radical (unpaired) electrons. The van der Waals surface area contributed by atoms with E-state index in [0.717, 1.165) is 25.6 Å². The normalized spacial score (nSPS) is 23.1. The number of halogens is 2. The van der Waals surface area contributed by atoms with Crippen LogP contribution >= 0.6 is 0 Å². The van der Waals surface area contributed by atoms with Crippen molar-refractivity contribution in [3.63, 3.8) is 0 Å². The summed E-state index contributed by atoms with van der Waals surface area (Å²) in [5.74, 6) is -1.79. The van der Waals surface area contributed by atoms with Gasteiger partial charge in [-0.05, 0) is 43.5 Å². The molecule has 1 amide bonds. The fraction of sp³-hybridized carbons (Fsp3) is 0.500. The zero-order valence-corrected chi connectivity index (χ0v) is 10.9. The molecular weight excluding hydrogens is 250 g/mol. The summed E-state index contributed by atoms with van der Waals surface area (Å²) in [5.41, 5.74) is -0.235. The molecule has 2 N–H and O–H groups in total. The summed E-state index contributed by atoms with van der Waals surface area (Å²) in [7, 11) is 0. The van der Waals surface area contributed by atoms with Gasteiger partial charge in [-0.3, -0.25) is 4.79 Å². The molecule has 5 heteroatoms. The van der Waals surface area contributed by atoms with Crippen LogP contribution in [-0.4, -0.2) is 25.5 Å². The Bertz CT molecular complexity index is 465. The van der Waals surface area contributed by atoms with Crippen molar-refractivity contribution < 1.29 is 13.6 Å². The molecular formula is C14H18F2N2O. The summed E-state index contributed by atoms with van der Waals surface area (Å²) in [4.78, 5) is 11.8. The fourth-order valence-corrected chi connectivity index (χ4v) is 2.37. The molecule has 0 spiro atoms. The van der Waals surface area contributed by atoms with Crippen molar-refractivity contribution in [3.8, 4) is 0 Å². The average Bonchev–Trinajstić information content (AvgIpc) is 2.40. The van der Waals surface area contributed by atoms with Crippen LogP contribution in [0.5, 0.6) is 0 Å². The molecule has 0 saturated carbocycles. The smallest absolute Gasteiger partial charge is 0.254 e. The Morgan fingerprint density at radius 1 is 1.47 bits per heavy atom. The molecule has 0 bridgehead atoms. The fourth-order valence-electron chi connectivity index (χ4n) is 2.37. The van der Waals surface area contributed by atoms with E-state index in [1.165, 1.54) is 12.1 Å². The second-order valence-corrected chi connectivity index (χ2v) is 5.04. The molecule has 2 atom stereocenters. The second kappa shape index (κ2) is 6.10. The van der Waals surface area contributed by atoms with Gasteiger partial charge in [-0.2, -0.15) is 0 Å². The molecule has 1 aliphatic rings. The summed E-state index contributed by atoms with van der Waals surface area (Å²) in [6, 6.07) is 3.63. The molecule has 1 aliphatic heterocycles. The van der Waals surface area contributed by atoms with Crippen LogP contribution in [0.4, 0.5) is 8.78 Å². The minimum atomic E-state index is -1.08. The molecule has 1 aromatic carbocycles. The van der Waals surface area contributed by atoms with Crippen LogP contribution < -0.4 is 10.6 Å². The van der Waals surface area contributed by atoms with E-state index in [1.54, 1.807) is 0 Å². The van der Waals surface area contributed by atoms with Crippen molar-refractivity contribution in [2.75, 3.05) is 19.6 Å². The Balaban J connectivity index is 1.95. The van der Waals surface area contributed by atoms with E-state index in [-0.39, 0.29) is 5.56 Å². The highest BCUT2D eigenvalue weighted by Gasteiger charge is 2.22. The van der Waals surface area contributed by atoms with Crippen molar-refractivity contribution in [2.45, 2.75) is 13.3 Å². The van der Waals surface area contributed by atoms with E-state index in [9.17, 15) is 13.6 Å². The predicted molar refractivity (Wildman–Crippen MR) is 68.8 cm³/mol. The number of hydrogen-bond acceptors (Lipinski definition) is 2. The first-order chi connectivity index (χ1) is 9.09. The average molecular weight is 268 g/mol. The van der Waals surface area contributed by atoms with Crippen LogP contribution in [0, 0.1) is 23.5 Å². The van der Waals surface area contributed by atoms with E-state index in [4.69, 9.17) is 0 Å². The third-order valence-corrected chi connectivity index (χ3v) is 3.68. The Kier molecular flexibility index (Phi) is 4.47. The third-order valence-electron chi connectivity index (χ3n) is 3.68. The van der Waals surface area contributed by atoms with Crippen LogP contribution in [0.3, 0.4) is 0 Å². The summed E-state index contributed by atoms with van der Waals surface area (Å²) in [6.45, 7) is 4.47. The summed E-state index contributed by atoms with van der Waals surface area (Å²) in [6.07, 6.45) is 0.979. The van der Waals surface area contributed by atoms with Crippen molar-refractivity contribution >= 4 is 5.91 Å².